The minimum absolute atomic E-state index is 0.235. The average Bonchev–Trinajstić information content (AvgIpc) is 3.19. The van der Waals surface area contributed by atoms with E-state index in [0.29, 0.717) is 16.0 Å². The van der Waals surface area contributed by atoms with Gasteiger partial charge in [-0.2, -0.15) is 0 Å². The summed E-state index contributed by atoms with van der Waals surface area (Å²) < 4.78 is 29.4. The number of hydrogen-bond acceptors (Lipinski definition) is 7. The van der Waals surface area contributed by atoms with Crippen molar-refractivity contribution in [3.8, 4) is 28.5 Å². The third-order valence-electron chi connectivity index (χ3n) is 4.29. The first kappa shape index (κ1) is 18.8. The Labute approximate surface area is 169 Å². The molecule has 29 heavy (non-hydrogen) atoms. The number of carbonyl (C=O) groups excluding carboxylic acids is 1. The fourth-order valence-electron chi connectivity index (χ4n) is 2.86. The van der Waals surface area contributed by atoms with Gasteiger partial charge in [-0.1, -0.05) is 12.1 Å². The van der Waals surface area contributed by atoms with E-state index in [9.17, 15) is 9.18 Å². The molecular weight excluding hydrogens is 395 g/mol. The minimum Gasteiger partial charge on any atom is -0.497 e. The van der Waals surface area contributed by atoms with E-state index in [0.717, 1.165) is 11.1 Å². The number of methoxy groups -OCH3 is 2. The van der Waals surface area contributed by atoms with Gasteiger partial charge < -0.3 is 14.2 Å². The van der Waals surface area contributed by atoms with Gasteiger partial charge in [0.25, 0.3) is 0 Å². The van der Waals surface area contributed by atoms with E-state index < -0.39 is 5.97 Å². The molecule has 4 aromatic rings. The molecule has 0 atom stereocenters. The van der Waals surface area contributed by atoms with Crippen molar-refractivity contribution in [2.45, 2.75) is 0 Å². The van der Waals surface area contributed by atoms with E-state index in [1.54, 1.807) is 30.3 Å². The Morgan fingerprint density at radius 1 is 1.07 bits per heavy atom. The Kier molecular flexibility index (Phi) is 5.09. The first-order valence-electron chi connectivity index (χ1n) is 8.53. The van der Waals surface area contributed by atoms with E-state index in [4.69, 9.17) is 14.2 Å². The molecule has 2 aromatic carbocycles. The van der Waals surface area contributed by atoms with Gasteiger partial charge in [0.05, 0.1) is 19.6 Å². The van der Waals surface area contributed by atoms with Crippen LogP contribution in [-0.4, -0.2) is 30.2 Å². The van der Waals surface area contributed by atoms with Gasteiger partial charge >= 0.3 is 5.97 Å². The van der Waals surface area contributed by atoms with Crippen LogP contribution in [0.3, 0.4) is 0 Å². The Bertz CT molecular complexity index is 1190. The molecule has 0 saturated heterocycles. The Hall–Kier alpha value is -3.52. The zero-order valence-corrected chi connectivity index (χ0v) is 16.3. The monoisotopic (exact) mass is 410 g/mol. The molecule has 0 bridgehead atoms. The highest BCUT2D eigenvalue weighted by molar-refractivity contribution is 7.17. The summed E-state index contributed by atoms with van der Waals surface area (Å²) in [6.07, 6.45) is 1.39. The van der Waals surface area contributed by atoms with Crippen molar-refractivity contribution in [1.82, 2.24) is 9.97 Å². The second-order valence-electron chi connectivity index (χ2n) is 5.97. The molecule has 2 heterocycles. The van der Waals surface area contributed by atoms with Crippen molar-refractivity contribution in [3.63, 3.8) is 0 Å². The van der Waals surface area contributed by atoms with Crippen LogP contribution in [0.4, 0.5) is 4.39 Å². The van der Waals surface area contributed by atoms with Gasteiger partial charge in [0.2, 0.25) is 5.88 Å². The molecule has 4 rings (SSSR count). The minimum atomic E-state index is -0.544. The molecule has 8 heteroatoms. The number of rotatable bonds is 5. The molecular formula is C21H15FN2O4S. The van der Waals surface area contributed by atoms with Crippen molar-refractivity contribution in [1.29, 1.82) is 0 Å². The zero-order chi connectivity index (χ0) is 20.4. The summed E-state index contributed by atoms with van der Waals surface area (Å²) in [5.74, 6) is 0.167. The molecule has 0 unspecified atom stereocenters. The molecule has 0 fully saturated rings. The topological polar surface area (TPSA) is 70.5 Å². The van der Waals surface area contributed by atoms with Gasteiger partial charge in [0, 0.05) is 17.0 Å². The number of fused-ring (bicyclic) bond motifs is 1. The van der Waals surface area contributed by atoms with Crippen molar-refractivity contribution >= 4 is 27.5 Å². The maximum atomic E-state index is 13.3. The van der Waals surface area contributed by atoms with Gasteiger partial charge in [0.15, 0.2) is 0 Å². The van der Waals surface area contributed by atoms with Crippen LogP contribution >= 0.6 is 11.3 Å². The Morgan fingerprint density at radius 3 is 2.59 bits per heavy atom. The highest BCUT2D eigenvalue weighted by Gasteiger charge is 2.19. The predicted octanol–water partition coefficient (Wildman–Crippen LogP) is 5.08. The number of esters is 1. The lowest BCUT2D eigenvalue weighted by Crippen LogP contribution is -2.04. The van der Waals surface area contributed by atoms with E-state index in [1.165, 1.54) is 44.0 Å². The first-order chi connectivity index (χ1) is 14.1. The molecule has 0 radical (unpaired) electrons. The molecule has 0 saturated carbocycles. The van der Waals surface area contributed by atoms with E-state index in [1.807, 2.05) is 5.38 Å². The van der Waals surface area contributed by atoms with Crippen LogP contribution in [0, 0.1) is 5.82 Å². The van der Waals surface area contributed by atoms with Crippen LogP contribution in [0.5, 0.6) is 17.4 Å². The lowest BCUT2D eigenvalue weighted by molar-refractivity contribution is 0.0598. The lowest BCUT2D eigenvalue weighted by Gasteiger charge is -2.12. The number of nitrogens with zero attached hydrogens (tertiary/aromatic N) is 2. The number of ether oxygens (including phenoxy) is 3. The van der Waals surface area contributed by atoms with Crippen molar-refractivity contribution in [2.75, 3.05) is 14.2 Å². The molecule has 2 aromatic heterocycles. The van der Waals surface area contributed by atoms with Crippen LogP contribution in [0.2, 0.25) is 0 Å². The van der Waals surface area contributed by atoms with Crippen molar-refractivity contribution in [2.24, 2.45) is 0 Å². The SMILES string of the molecule is COC(=O)c1ccc(OC)cc1Oc1ncnc2scc(-c3ccc(F)cc3)c12. The molecule has 0 amide bonds. The quantitative estimate of drug-likeness (QED) is 0.427. The average molecular weight is 410 g/mol. The predicted molar refractivity (Wildman–Crippen MR) is 107 cm³/mol. The number of aromatic nitrogens is 2. The normalized spacial score (nSPS) is 10.7. The van der Waals surface area contributed by atoms with Crippen LogP contribution in [-0.2, 0) is 4.74 Å². The van der Waals surface area contributed by atoms with E-state index in [-0.39, 0.29) is 23.0 Å². The summed E-state index contributed by atoms with van der Waals surface area (Å²) in [5, 5.41) is 2.58. The second-order valence-corrected chi connectivity index (χ2v) is 6.83. The number of thiophene rings is 1. The highest BCUT2D eigenvalue weighted by atomic mass is 32.1. The summed E-state index contributed by atoms with van der Waals surface area (Å²) in [7, 11) is 2.82. The summed E-state index contributed by atoms with van der Waals surface area (Å²) >= 11 is 1.42. The third kappa shape index (κ3) is 3.62. The van der Waals surface area contributed by atoms with Crippen molar-refractivity contribution in [3.05, 3.63) is 65.6 Å². The van der Waals surface area contributed by atoms with Crippen LogP contribution in [0.1, 0.15) is 10.4 Å². The van der Waals surface area contributed by atoms with Gasteiger partial charge in [-0.25, -0.2) is 19.2 Å². The Balaban J connectivity index is 1.84. The fraction of sp³-hybridized carbons (Fsp3) is 0.0952. The standard InChI is InChI=1S/C21H15FN2O4S/c1-26-14-7-8-15(21(25)27-2)17(9-14)28-19-18-16(10-29-20(18)24-11-23-19)12-3-5-13(22)6-4-12/h3-11H,1-2H3. The number of benzene rings is 2. The molecule has 0 aliphatic heterocycles. The third-order valence-corrected chi connectivity index (χ3v) is 5.18. The van der Waals surface area contributed by atoms with Gasteiger partial charge in [-0.3, -0.25) is 0 Å². The molecule has 0 spiro atoms. The van der Waals surface area contributed by atoms with Crippen LogP contribution in [0.25, 0.3) is 21.3 Å². The summed E-state index contributed by atoms with van der Waals surface area (Å²) in [5.41, 5.74) is 1.85. The number of carbonyl (C=O) groups is 1. The second kappa shape index (κ2) is 7.84. The van der Waals surface area contributed by atoms with E-state index in [2.05, 4.69) is 9.97 Å². The maximum Gasteiger partial charge on any atom is 0.341 e. The number of hydrogen-bond donors (Lipinski definition) is 0. The molecule has 0 aliphatic rings. The summed E-state index contributed by atoms with van der Waals surface area (Å²) in [4.78, 5) is 21.4. The largest absolute Gasteiger partial charge is 0.497 e. The van der Waals surface area contributed by atoms with E-state index >= 15 is 0 Å². The smallest absolute Gasteiger partial charge is 0.341 e. The maximum absolute atomic E-state index is 13.3. The van der Waals surface area contributed by atoms with Gasteiger partial charge in [-0.15, -0.1) is 11.3 Å². The summed E-state index contributed by atoms with van der Waals surface area (Å²) in [6, 6.07) is 10.9. The lowest BCUT2D eigenvalue weighted by atomic mass is 10.1. The Morgan fingerprint density at radius 2 is 1.86 bits per heavy atom. The molecule has 0 N–H and O–H groups in total. The first-order valence-corrected chi connectivity index (χ1v) is 9.41. The highest BCUT2D eigenvalue weighted by Crippen LogP contribution is 2.40. The van der Waals surface area contributed by atoms with Crippen LogP contribution in [0.15, 0.2) is 54.2 Å². The van der Waals surface area contributed by atoms with Crippen molar-refractivity contribution < 1.29 is 23.4 Å². The van der Waals surface area contributed by atoms with Gasteiger partial charge in [-0.05, 0) is 29.8 Å². The molecule has 6 nitrogen and oxygen atoms in total. The summed E-state index contributed by atoms with van der Waals surface area (Å²) in [6.45, 7) is 0. The number of halogens is 1. The zero-order valence-electron chi connectivity index (χ0n) is 15.5. The van der Waals surface area contributed by atoms with Gasteiger partial charge in [0.1, 0.15) is 34.0 Å². The molecule has 0 aliphatic carbocycles. The fourth-order valence-corrected chi connectivity index (χ4v) is 3.77. The van der Waals surface area contributed by atoms with Crippen LogP contribution < -0.4 is 9.47 Å². The molecule has 146 valence electrons.